The predicted molar refractivity (Wildman–Crippen MR) is 60.4 cm³/mol. The number of unbranched alkanes of at least 4 members (excludes halogenated alkanes) is 3. The van der Waals surface area contributed by atoms with E-state index in [0.29, 0.717) is 0 Å². The summed E-state index contributed by atoms with van der Waals surface area (Å²) in [5.41, 5.74) is 0. The molecule has 0 radical (unpaired) electrons. The maximum absolute atomic E-state index is 6.18. The standard InChI is InChI=1S/C8H18BrClSi/c1-11(2,10)8-6-4-3-5-7-9/h3-8H2,1-2H3. The zero-order valence-electron chi connectivity index (χ0n) is 7.50. The first kappa shape index (κ1) is 12.0. The lowest BCUT2D eigenvalue weighted by Crippen LogP contribution is -2.14. The SMILES string of the molecule is C[Si](C)(Cl)CCCCCCBr. The average Bonchev–Trinajstić information content (AvgIpc) is 1.85. The molecule has 0 N–H and O–H groups in total. The maximum atomic E-state index is 6.18. The summed E-state index contributed by atoms with van der Waals surface area (Å²) in [4.78, 5) is 0. The van der Waals surface area contributed by atoms with Crippen LogP contribution in [0.25, 0.3) is 0 Å². The highest BCUT2D eigenvalue weighted by Crippen LogP contribution is 2.18. The molecule has 11 heavy (non-hydrogen) atoms. The Balaban J connectivity index is 3.02. The van der Waals surface area contributed by atoms with Crippen molar-refractivity contribution in [1.82, 2.24) is 0 Å². The molecule has 0 fully saturated rings. The topological polar surface area (TPSA) is 0 Å². The van der Waals surface area contributed by atoms with Gasteiger partial charge in [0.25, 0.3) is 0 Å². The normalized spacial score (nSPS) is 12.0. The maximum Gasteiger partial charge on any atom is 0.150 e. The molecule has 0 heterocycles. The number of hydrogen-bond donors (Lipinski definition) is 0. The monoisotopic (exact) mass is 256 g/mol. The molecule has 0 aromatic carbocycles. The molecule has 0 atom stereocenters. The lowest BCUT2D eigenvalue weighted by atomic mass is 10.2. The molecular formula is C8H18BrClSi. The van der Waals surface area contributed by atoms with Crippen LogP contribution in [0.3, 0.4) is 0 Å². The molecule has 0 amide bonds. The van der Waals surface area contributed by atoms with Crippen LogP contribution in [0.2, 0.25) is 19.1 Å². The number of alkyl halides is 1. The molecule has 0 aliphatic rings. The lowest BCUT2D eigenvalue weighted by Gasteiger charge is -2.11. The van der Waals surface area contributed by atoms with E-state index in [9.17, 15) is 0 Å². The molecule has 0 aromatic rings. The Morgan fingerprint density at radius 1 is 1.09 bits per heavy atom. The van der Waals surface area contributed by atoms with Gasteiger partial charge < -0.3 is 0 Å². The summed E-state index contributed by atoms with van der Waals surface area (Å²) in [6.07, 6.45) is 5.35. The van der Waals surface area contributed by atoms with Gasteiger partial charge in [-0.3, -0.25) is 0 Å². The van der Waals surface area contributed by atoms with E-state index in [0.717, 1.165) is 5.33 Å². The first-order valence-electron chi connectivity index (χ1n) is 4.31. The third kappa shape index (κ3) is 11.0. The molecule has 3 heteroatoms. The van der Waals surface area contributed by atoms with Crippen molar-refractivity contribution in [3.63, 3.8) is 0 Å². The van der Waals surface area contributed by atoms with Gasteiger partial charge in [-0.25, -0.2) is 0 Å². The van der Waals surface area contributed by atoms with E-state index < -0.39 is 7.38 Å². The van der Waals surface area contributed by atoms with Crippen LogP contribution in [-0.2, 0) is 0 Å². The summed E-state index contributed by atoms with van der Waals surface area (Å²) < 4.78 is 0. The van der Waals surface area contributed by atoms with Crippen molar-refractivity contribution in [3.05, 3.63) is 0 Å². The van der Waals surface area contributed by atoms with Gasteiger partial charge in [0.1, 0.15) is 7.38 Å². The Morgan fingerprint density at radius 2 is 1.64 bits per heavy atom. The molecule has 0 spiro atoms. The van der Waals surface area contributed by atoms with E-state index in [1.165, 1.54) is 31.7 Å². The van der Waals surface area contributed by atoms with Crippen molar-refractivity contribution in [2.24, 2.45) is 0 Å². The van der Waals surface area contributed by atoms with Gasteiger partial charge in [0, 0.05) is 5.33 Å². The molecule has 0 saturated heterocycles. The van der Waals surface area contributed by atoms with Crippen LogP contribution in [-0.4, -0.2) is 12.7 Å². The van der Waals surface area contributed by atoms with E-state index in [1.807, 2.05) is 0 Å². The molecule has 0 bridgehead atoms. The minimum absolute atomic E-state index is 1.15. The quantitative estimate of drug-likeness (QED) is 0.287. The van der Waals surface area contributed by atoms with Crippen molar-refractivity contribution in [2.75, 3.05) is 5.33 Å². The van der Waals surface area contributed by atoms with Crippen LogP contribution in [0, 0.1) is 0 Å². The van der Waals surface area contributed by atoms with Gasteiger partial charge in [0.05, 0.1) is 0 Å². The fourth-order valence-corrected chi connectivity index (χ4v) is 2.88. The second kappa shape index (κ2) is 6.50. The Labute approximate surface area is 84.6 Å². The molecular weight excluding hydrogens is 240 g/mol. The van der Waals surface area contributed by atoms with Crippen LogP contribution in [0.5, 0.6) is 0 Å². The Morgan fingerprint density at radius 3 is 2.09 bits per heavy atom. The summed E-state index contributed by atoms with van der Waals surface area (Å²) in [6, 6.07) is 1.27. The molecule has 0 aromatic heterocycles. The van der Waals surface area contributed by atoms with E-state index >= 15 is 0 Å². The zero-order valence-corrected chi connectivity index (χ0v) is 10.8. The Bertz CT molecular complexity index is 90.6. The summed E-state index contributed by atoms with van der Waals surface area (Å²) in [6.45, 7) is 4.44. The second-order valence-corrected chi connectivity index (χ2v) is 11.4. The van der Waals surface area contributed by atoms with Crippen LogP contribution in [0.4, 0.5) is 0 Å². The van der Waals surface area contributed by atoms with E-state index in [4.69, 9.17) is 11.1 Å². The number of rotatable bonds is 6. The highest BCUT2D eigenvalue weighted by Gasteiger charge is 2.15. The van der Waals surface area contributed by atoms with Gasteiger partial charge in [-0.1, -0.05) is 48.3 Å². The van der Waals surface area contributed by atoms with Crippen molar-refractivity contribution >= 4 is 34.4 Å². The van der Waals surface area contributed by atoms with Gasteiger partial charge >= 0.3 is 0 Å². The fraction of sp³-hybridized carbons (Fsp3) is 1.00. The van der Waals surface area contributed by atoms with Gasteiger partial charge in [0.2, 0.25) is 0 Å². The predicted octanol–water partition coefficient (Wildman–Crippen LogP) is 4.39. The summed E-state index contributed by atoms with van der Waals surface area (Å²) >= 11 is 9.60. The van der Waals surface area contributed by atoms with Gasteiger partial charge in [-0.05, 0) is 12.5 Å². The highest BCUT2D eigenvalue weighted by molar-refractivity contribution is 9.09. The van der Waals surface area contributed by atoms with Crippen LogP contribution in [0.15, 0.2) is 0 Å². The molecule has 0 aliphatic carbocycles. The van der Waals surface area contributed by atoms with Crippen LogP contribution >= 0.6 is 27.0 Å². The van der Waals surface area contributed by atoms with Crippen LogP contribution < -0.4 is 0 Å². The first-order chi connectivity index (χ1) is 5.06. The third-order valence-electron chi connectivity index (χ3n) is 1.65. The number of hydrogen-bond acceptors (Lipinski definition) is 0. The summed E-state index contributed by atoms with van der Waals surface area (Å²) in [5, 5.41) is 1.15. The van der Waals surface area contributed by atoms with Crippen molar-refractivity contribution < 1.29 is 0 Å². The minimum atomic E-state index is -1.26. The van der Waals surface area contributed by atoms with Gasteiger partial charge in [0.15, 0.2) is 0 Å². The highest BCUT2D eigenvalue weighted by atomic mass is 79.9. The van der Waals surface area contributed by atoms with E-state index in [2.05, 4.69) is 29.0 Å². The van der Waals surface area contributed by atoms with Crippen molar-refractivity contribution in [2.45, 2.75) is 44.8 Å². The lowest BCUT2D eigenvalue weighted by molar-refractivity contribution is 0.704. The van der Waals surface area contributed by atoms with E-state index in [1.54, 1.807) is 0 Å². The zero-order chi connectivity index (χ0) is 8.74. The molecule has 0 saturated carbocycles. The van der Waals surface area contributed by atoms with Crippen molar-refractivity contribution in [1.29, 1.82) is 0 Å². The summed E-state index contributed by atoms with van der Waals surface area (Å²) in [5.74, 6) is 0. The van der Waals surface area contributed by atoms with Gasteiger partial charge in [-0.2, -0.15) is 11.1 Å². The molecule has 0 nitrogen and oxygen atoms in total. The largest absolute Gasteiger partial charge is 0.168 e. The van der Waals surface area contributed by atoms with E-state index in [-0.39, 0.29) is 0 Å². The molecule has 0 aliphatic heterocycles. The molecule has 0 unspecified atom stereocenters. The minimum Gasteiger partial charge on any atom is -0.168 e. The molecule has 68 valence electrons. The van der Waals surface area contributed by atoms with Gasteiger partial charge in [-0.15, -0.1) is 0 Å². The smallest absolute Gasteiger partial charge is 0.150 e. The molecule has 0 rings (SSSR count). The number of halogens is 2. The average molecular weight is 258 g/mol. The Kier molecular flexibility index (Phi) is 7.08. The van der Waals surface area contributed by atoms with Crippen LogP contribution in [0.1, 0.15) is 25.7 Å². The second-order valence-electron chi connectivity index (χ2n) is 3.57. The third-order valence-corrected chi connectivity index (χ3v) is 4.33. The van der Waals surface area contributed by atoms with Crippen molar-refractivity contribution in [3.8, 4) is 0 Å². The fourth-order valence-electron chi connectivity index (χ4n) is 0.993. The Hall–Kier alpha value is 0.987. The summed E-state index contributed by atoms with van der Waals surface area (Å²) in [7, 11) is -1.26. The first-order valence-corrected chi connectivity index (χ1v) is 9.65.